The van der Waals surface area contributed by atoms with Crippen molar-refractivity contribution in [1.29, 1.82) is 0 Å². The molecule has 0 saturated carbocycles. The van der Waals surface area contributed by atoms with Crippen LogP contribution in [0, 0.1) is 0 Å². The number of aromatic nitrogens is 1. The highest BCUT2D eigenvalue weighted by Gasteiger charge is 2.25. The molecule has 98 valence electrons. The number of morpholine rings is 1. The fraction of sp³-hybridized carbons (Fsp3) is 0.538. The van der Waals surface area contributed by atoms with E-state index in [4.69, 9.17) is 4.74 Å². The molecule has 2 rings (SSSR count). The van der Waals surface area contributed by atoms with Gasteiger partial charge in [-0.3, -0.25) is 9.78 Å². The maximum atomic E-state index is 12.3. The summed E-state index contributed by atoms with van der Waals surface area (Å²) in [4.78, 5) is 17.8. The molecule has 1 atom stereocenters. The minimum atomic E-state index is -0.153. The molecule has 2 heterocycles. The standard InChI is InChI=1S/C13H18N2O3/c1-2-3-10-9-15(6-7-18-10)13(17)11-4-5-14-8-12(11)16/h4-5,8,10,16H,2-3,6-7,9H2,1H3. The minimum absolute atomic E-state index is 0.0685. The Bertz CT molecular complexity index is 420. The summed E-state index contributed by atoms with van der Waals surface area (Å²) in [5.74, 6) is -0.222. The molecule has 1 saturated heterocycles. The van der Waals surface area contributed by atoms with E-state index < -0.39 is 0 Å². The molecule has 18 heavy (non-hydrogen) atoms. The number of hydrogen-bond donors (Lipinski definition) is 1. The Kier molecular flexibility index (Phi) is 4.15. The second-order valence-electron chi connectivity index (χ2n) is 4.43. The van der Waals surface area contributed by atoms with Crippen LogP contribution in [0.1, 0.15) is 30.1 Å². The van der Waals surface area contributed by atoms with Gasteiger partial charge in [0.15, 0.2) is 0 Å². The van der Waals surface area contributed by atoms with Gasteiger partial charge in [-0.1, -0.05) is 13.3 Å². The van der Waals surface area contributed by atoms with Crippen LogP contribution in [-0.2, 0) is 4.74 Å². The predicted molar refractivity (Wildman–Crippen MR) is 66.5 cm³/mol. The third-order valence-electron chi connectivity index (χ3n) is 3.07. The van der Waals surface area contributed by atoms with Crippen LogP contribution in [0.15, 0.2) is 18.5 Å². The molecule has 1 amide bonds. The SMILES string of the molecule is CCCC1CN(C(=O)c2ccncc2O)CCO1. The maximum absolute atomic E-state index is 12.3. The Hall–Kier alpha value is -1.62. The van der Waals surface area contributed by atoms with Gasteiger partial charge in [-0.15, -0.1) is 0 Å². The zero-order valence-electron chi connectivity index (χ0n) is 10.5. The van der Waals surface area contributed by atoms with E-state index in [-0.39, 0.29) is 17.8 Å². The molecule has 0 aliphatic carbocycles. The van der Waals surface area contributed by atoms with Crippen LogP contribution >= 0.6 is 0 Å². The first kappa shape index (κ1) is 12.8. The number of carbonyl (C=O) groups is 1. The van der Waals surface area contributed by atoms with Crippen molar-refractivity contribution in [2.75, 3.05) is 19.7 Å². The Labute approximate surface area is 106 Å². The largest absolute Gasteiger partial charge is 0.505 e. The molecule has 1 aromatic rings. The number of aromatic hydroxyl groups is 1. The van der Waals surface area contributed by atoms with Crippen LogP contribution < -0.4 is 0 Å². The monoisotopic (exact) mass is 250 g/mol. The van der Waals surface area contributed by atoms with Crippen LogP contribution in [0.25, 0.3) is 0 Å². The fourth-order valence-electron chi connectivity index (χ4n) is 2.14. The van der Waals surface area contributed by atoms with Crippen molar-refractivity contribution in [3.05, 3.63) is 24.0 Å². The van der Waals surface area contributed by atoms with Crippen LogP contribution in [0.5, 0.6) is 5.75 Å². The minimum Gasteiger partial charge on any atom is -0.505 e. The summed E-state index contributed by atoms with van der Waals surface area (Å²) < 4.78 is 5.60. The third-order valence-corrected chi connectivity index (χ3v) is 3.07. The molecule has 5 heteroatoms. The lowest BCUT2D eigenvalue weighted by atomic mass is 10.1. The van der Waals surface area contributed by atoms with Gasteiger partial charge in [0.25, 0.3) is 5.91 Å². The molecule has 1 aromatic heterocycles. The zero-order valence-corrected chi connectivity index (χ0v) is 10.5. The normalized spacial score (nSPS) is 19.8. The fourth-order valence-corrected chi connectivity index (χ4v) is 2.14. The number of amides is 1. The molecule has 0 radical (unpaired) electrons. The van der Waals surface area contributed by atoms with E-state index in [9.17, 15) is 9.90 Å². The predicted octanol–water partition coefficient (Wildman–Crippen LogP) is 1.43. The molecule has 0 bridgehead atoms. The van der Waals surface area contributed by atoms with E-state index in [1.54, 1.807) is 11.0 Å². The second kappa shape index (κ2) is 5.82. The van der Waals surface area contributed by atoms with E-state index in [1.165, 1.54) is 12.4 Å². The summed E-state index contributed by atoms with van der Waals surface area (Å²) >= 11 is 0. The van der Waals surface area contributed by atoms with Crippen molar-refractivity contribution in [1.82, 2.24) is 9.88 Å². The molecule has 1 unspecified atom stereocenters. The number of hydrogen-bond acceptors (Lipinski definition) is 4. The molecule has 1 fully saturated rings. The van der Waals surface area contributed by atoms with Crippen LogP contribution in [0.4, 0.5) is 0 Å². The van der Waals surface area contributed by atoms with Gasteiger partial charge in [-0.2, -0.15) is 0 Å². The molecule has 0 aromatic carbocycles. The lowest BCUT2D eigenvalue weighted by molar-refractivity contribution is -0.0251. The van der Waals surface area contributed by atoms with Crippen LogP contribution in [0.3, 0.4) is 0 Å². The highest BCUT2D eigenvalue weighted by Crippen LogP contribution is 2.19. The summed E-state index contributed by atoms with van der Waals surface area (Å²) in [5.41, 5.74) is 0.308. The Morgan fingerprint density at radius 1 is 1.67 bits per heavy atom. The Morgan fingerprint density at radius 3 is 3.22 bits per heavy atom. The number of pyridine rings is 1. The first-order chi connectivity index (χ1) is 8.72. The van der Waals surface area contributed by atoms with Gasteiger partial charge < -0.3 is 14.7 Å². The lowest BCUT2D eigenvalue weighted by Gasteiger charge is -2.33. The smallest absolute Gasteiger partial charge is 0.257 e. The van der Waals surface area contributed by atoms with Crippen molar-refractivity contribution >= 4 is 5.91 Å². The van der Waals surface area contributed by atoms with Gasteiger partial charge in [0.2, 0.25) is 0 Å². The van der Waals surface area contributed by atoms with Crippen molar-refractivity contribution in [2.24, 2.45) is 0 Å². The van der Waals surface area contributed by atoms with E-state index >= 15 is 0 Å². The quantitative estimate of drug-likeness (QED) is 0.881. The van der Waals surface area contributed by atoms with Gasteiger partial charge in [0.05, 0.1) is 24.5 Å². The molecule has 5 nitrogen and oxygen atoms in total. The van der Waals surface area contributed by atoms with Gasteiger partial charge in [0, 0.05) is 19.3 Å². The Morgan fingerprint density at radius 2 is 2.50 bits per heavy atom. The summed E-state index contributed by atoms with van der Waals surface area (Å²) in [6.45, 7) is 3.82. The summed E-state index contributed by atoms with van der Waals surface area (Å²) in [7, 11) is 0. The molecule has 1 aliphatic rings. The van der Waals surface area contributed by atoms with E-state index in [0.717, 1.165) is 12.8 Å². The van der Waals surface area contributed by atoms with Gasteiger partial charge in [-0.05, 0) is 12.5 Å². The molecular weight excluding hydrogens is 232 g/mol. The average molecular weight is 250 g/mol. The molecule has 1 N–H and O–H groups in total. The third kappa shape index (κ3) is 2.79. The average Bonchev–Trinajstić information content (AvgIpc) is 2.39. The first-order valence-electron chi connectivity index (χ1n) is 6.26. The lowest BCUT2D eigenvalue weighted by Crippen LogP contribution is -2.45. The van der Waals surface area contributed by atoms with E-state index in [2.05, 4.69) is 11.9 Å². The molecular formula is C13H18N2O3. The van der Waals surface area contributed by atoms with Crippen molar-refractivity contribution in [2.45, 2.75) is 25.9 Å². The van der Waals surface area contributed by atoms with Crippen molar-refractivity contribution in [3.63, 3.8) is 0 Å². The summed E-state index contributed by atoms with van der Waals surface area (Å²) in [6, 6.07) is 1.54. The highest BCUT2D eigenvalue weighted by atomic mass is 16.5. The first-order valence-corrected chi connectivity index (χ1v) is 6.26. The maximum Gasteiger partial charge on any atom is 0.257 e. The topological polar surface area (TPSA) is 62.7 Å². The molecule has 0 spiro atoms. The summed E-state index contributed by atoms with van der Waals surface area (Å²) in [6.07, 6.45) is 4.89. The van der Waals surface area contributed by atoms with E-state index in [1.807, 2.05) is 0 Å². The number of ether oxygens (including phenoxy) is 1. The number of carbonyl (C=O) groups excluding carboxylic acids is 1. The summed E-state index contributed by atoms with van der Waals surface area (Å²) in [5, 5.41) is 9.64. The highest BCUT2D eigenvalue weighted by molar-refractivity contribution is 5.96. The number of rotatable bonds is 3. The van der Waals surface area contributed by atoms with Crippen molar-refractivity contribution < 1.29 is 14.6 Å². The van der Waals surface area contributed by atoms with Gasteiger partial charge in [0.1, 0.15) is 5.75 Å². The zero-order chi connectivity index (χ0) is 13.0. The van der Waals surface area contributed by atoms with Gasteiger partial charge >= 0.3 is 0 Å². The van der Waals surface area contributed by atoms with Crippen LogP contribution in [0.2, 0.25) is 0 Å². The Balaban J connectivity index is 2.07. The van der Waals surface area contributed by atoms with Crippen molar-refractivity contribution in [3.8, 4) is 5.75 Å². The van der Waals surface area contributed by atoms with Gasteiger partial charge in [-0.25, -0.2) is 0 Å². The molecule has 1 aliphatic heterocycles. The number of nitrogens with zero attached hydrogens (tertiary/aromatic N) is 2. The van der Waals surface area contributed by atoms with E-state index in [0.29, 0.717) is 25.3 Å². The second-order valence-corrected chi connectivity index (χ2v) is 4.43. The van der Waals surface area contributed by atoms with Crippen LogP contribution in [-0.4, -0.2) is 46.7 Å².